The predicted octanol–water partition coefficient (Wildman–Crippen LogP) is 2.46. The summed E-state index contributed by atoms with van der Waals surface area (Å²) in [6.45, 7) is 0. The van der Waals surface area contributed by atoms with Crippen LogP contribution in [0.25, 0.3) is 10.9 Å². The van der Waals surface area contributed by atoms with E-state index in [1.54, 1.807) is 18.2 Å². The average Bonchev–Trinajstić information content (AvgIpc) is 2.45. The Morgan fingerprint density at radius 3 is 2.42 bits per heavy atom. The highest BCUT2D eigenvalue weighted by Crippen LogP contribution is 2.24. The van der Waals surface area contributed by atoms with Crippen LogP contribution in [0.5, 0.6) is 0 Å². The lowest BCUT2D eigenvalue weighted by molar-refractivity contribution is 0.0588. The van der Waals surface area contributed by atoms with Crippen LogP contribution in [0.15, 0.2) is 24.3 Å². The Kier molecular flexibility index (Phi) is 3.66. The summed E-state index contributed by atoms with van der Waals surface area (Å²) in [6, 6.07) is 6.12. The lowest BCUT2D eigenvalue weighted by atomic mass is 10.1. The van der Waals surface area contributed by atoms with Crippen LogP contribution in [-0.2, 0) is 9.47 Å². The molecular weight excluding hydrogens is 270 g/mol. The summed E-state index contributed by atoms with van der Waals surface area (Å²) in [5.74, 6) is -1.03. The minimum Gasteiger partial charge on any atom is -0.465 e. The first-order chi connectivity index (χ1) is 9.06. The number of rotatable bonds is 2. The van der Waals surface area contributed by atoms with Crippen LogP contribution >= 0.6 is 11.6 Å². The maximum Gasteiger partial charge on any atom is 0.356 e. The summed E-state index contributed by atoms with van der Waals surface area (Å²) in [5.41, 5.74) is 0.982. The molecule has 2 aromatic rings. The van der Waals surface area contributed by atoms with Crippen LogP contribution in [0.4, 0.5) is 0 Å². The van der Waals surface area contributed by atoms with Crippen molar-refractivity contribution in [3.63, 3.8) is 0 Å². The van der Waals surface area contributed by atoms with Gasteiger partial charge in [-0.25, -0.2) is 14.6 Å². The minimum atomic E-state index is -0.569. The standard InChI is InChI=1S/C13H10ClNO4/c1-18-12(16)7-3-4-10-8(5-7)9(14)6-11(15-10)13(17)19-2/h3-6H,1-2H3. The molecule has 2 rings (SSSR count). The first-order valence-electron chi connectivity index (χ1n) is 5.33. The fraction of sp³-hybridized carbons (Fsp3) is 0.154. The summed E-state index contributed by atoms with van der Waals surface area (Å²) in [6.07, 6.45) is 0. The van der Waals surface area contributed by atoms with E-state index in [9.17, 15) is 9.59 Å². The van der Waals surface area contributed by atoms with E-state index in [2.05, 4.69) is 14.5 Å². The van der Waals surface area contributed by atoms with Gasteiger partial charge in [0.2, 0.25) is 0 Å². The van der Waals surface area contributed by atoms with Gasteiger partial charge in [0.15, 0.2) is 5.69 Å². The molecule has 1 aromatic carbocycles. The van der Waals surface area contributed by atoms with Crippen molar-refractivity contribution in [1.82, 2.24) is 4.98 Å². The fourth-order valence-electron chi connectivity index (χ4n) is 1.64. The molecular formula is C13H10ClNO4. The molecule has 0 unspecified atom stereocenters. The molecule has 0 amide bonds. The number of hydrogen-bond acceptors (Lipinski definition) is 5. The third-order valence-corrected chi connectivity index (χ3v) is 2.89. The van der Waals surface area contributed by atoms with Crippen LogP contribution in [0, 0.1) is 0 Å². The predicted molar refractivity (Wildman–Crippen MR) is 69.4 cm³/mol. The number of nitrogens with zero attached hydrogens (tertiary/aromatic N) is 1. The Morgan fingerprint density at radius 2 is 1.79 bits per heavy atom. The molecule has 6 heteroatoms. The largest absolute Gasteiger partial charge is 0.465 e. The number of carbonyl (C=O) groups is 2. The highest BCUT2D eigenvalue weighted by Gasteiger charge is 2.13. The van der Waals surface area contributed by atoms with Crippen LogP contribution < -0.4 is 0 Å². The molecule has 0 N–H and O–H groups in total. The van der Waals surface area contributed by atoms with Crippen molar-refractivity contribution < 1.29 is 19.1 Å². The summed E-state index contributed by atoms with van der Waals surface area (Å²) in [4.78, 5) is 27.0. The van der Waals surface area contributed by atoms with Crippen molar-refractivity contribution in [3.05, 3.63) is 40.5 Å². The summed E-state index contributed by atoms with van der Waals surface area (Å²) in [5, 5.41) is 0.883. The first kappa shape index (κ1) is 13.3. The number of methoxy groups -OCH3 is 2. The molecule has 0 bridgehead atoms. The number of benzene rings is 1. The van der Waals surface area contributed by atoms with Gasteiger partial charge in [-0.05, 0) is 24.3 Å². The van der Waals surface area contributed by atoms with Crippen molar-refractivity contribution in [2.75, 3.05) is 14.2 Å². The van der Waals surface area contributed by atoms with Gasteiger partial charge in [0.25, 0.3) is 0 Å². The molecule has 0 saturated heterocycles. The molecule has 5 nitrogen and oxygen atoms in total. The van der Waals surface area contributed by atoms with Crippen molar-refractivity contribution in [2.45, 2.75) is 0 Å². The van der Waals surface area contributed by atoms with Crippen molar-refractivity contribution in [2.24, 2.45) is 0 Å². The quantitative estimate of drug-likeness (QED) is 0.790. The number of carbonyl (C=O) groups excluding carboxylic acids is 2. The normalized spacial score (nSPS) is 10.3. The second-order valence-electron chi connectivity index (χ2n) is 3.70. The van der Waals surface area contributed by atoms with Gasteiger partial charge >= 0.3 is 11.9 Å². The highest BCUT2D eigenvalue weighted by molar-refractivity contribution is 6.35. The van der Waals surface area contributed by atoms with Gasteiger partial charge in [-0.15, -0.1) is 0 Å². The molecule has 0 saturated carbocycles. The number of aromatic nitrogens is 1. The molecule has 1 aromatic heterocycles. The zero-order chi connectivity index (χ0) is 14.0. The van der Waals surface area contributed by atoms with E-state index in [1.165, 1.54) is 20.3 Å². The smallest absolute Gasteiger partial charge is 0.356 e. The molecule has 0 aliphatic rings. The molecule has 0 fully saturated rings. The molecule has 0 atom stereocenters. The van der Waals surface area contributed by atoms with E-state index in [0.29, 0.717) is 21.5 Å². The van der Waals surface area contributed by atoms with E-state index in [-0.39, 0.29) is 5.69 Å². The number of pyridine rings is 1. The van der Waals surface area contributed by atoms with Crippen LogP contribution in [0.1, 0.15) is 20.8 Å². The average molecular weight is 280 g/mol. The summed E-state index contributed by atoms with van der Waals surface area (Å²) < 4.78 is 9.21. The number of ether oxygens (including phenoxy) is 2. The van der Waals surface area contributed by atoms with Crippen molar-refractivity contribution in [3.8, 4) is 0 Å². The Hall–Kier alpha value is -2.14. The zero-order valence-corrected chi connectivity index (χ0v) is 11.0. The van der Waals surface area contributed by atoms with Gasteiger partial charge in [0.1, 0.15) is 0 Å². The van der Waals surface area contributed by atoms with Gasteiger partial charge < -0.3 is 9.47 Å². The molecule has 0 aliphatic heterocycles. The molecule has 0 radical (unpaired) electrons. The number of hydrogen-bond donors (Lipinski definition) is 0. The maximum absolute atomic E-state index is 11.4. The summed E-state index contributed by atoms with van der Waals surface area (Å²) in [7, 11) is 2.56. The van der Waals surface area contributed by atoms with Crippen LogP contribution in [-0.4, -0.2) is 31.1 Å². The van der Waals surface area contributed by atoms with Gasteiger partial charge in [0.05, 0.1) is 30.3 Å². The minimum absolute atomic E-state index is 0.116. The van der Waals surface area contributed by atoms with E-state index < -0.39 is 11.9 Å². The lowest BCUT2D eigenvalue weighted by Crippen LogP contribution is -2.05. The Balaban J connectivity index is 2.60. The van der Waals surface area contributed by atoms with E-state index in [0.717, 1.165) is 0 Å². The van der Waals surface area contributed by atoms with Crippen LogP contribution in [0.2, 0.25) is 5.02 Å². The third kappa shape index (κ3) is 2.51. The zero-order valence-electron chi connectivity index (χ0n) is 10.3. The number of halogens is 1. The molecule has 0 spiro atoms. The van der Waals surface area contributed by atoms with Crippen molar-refractivity contribution >= 4 is 34.4 Å². The van der Waals surface area contributed by atoms with Gasteiger partial charge in [-0.2, -0.15) is 0 Å². The number of esters is 2. The first-order valence-corrected chi connectivity index (χ1v) is 5.71. The molecule has 1 heterocycles. The monoisotopic (exact) mass is 279 g/mol. The maximum atomic E-state index is 11.4. The van der Waals surface area contributed by atoms with Crippen molar-refractivity contribution in [1.29, 1.82) is 0 Å². The van der Waals surface area contributed by atoms with E-state index in [1.807, 2.05) is 0 Å². The van der Waals surface area contributed by atoms with E-state index >= 15 is 0 Å². The van der Waals surface area contributed by atoms with Crippen LogP contribution in [0.3, 0.4) is 0 Å². The SMILES string of the molecule is COC(=O)c1ccc2nc(C(=O)OC)cc(Cl)c2c1. The van der Waals surface area contributed by atoms with Gasteiger partial charge in [-0.3, -0.25) is 0 Å². The van der Waals surface area contributed by atoms with Gasteiger partial charge in [-0.1, -0.05) is 11.6 Å². The molecule has 19 heavy (non-hydrogen) atoms. The molecule has 98 valence electrons. The number of fused-ring (bicyclic) bond motifs is 1. The third-order valence-electron chi connectivity index (χ3n) is 2.57. The topological polar surface area (TPSA) is 65.5 Å². The Bertz CT molecular complexity index is 669. The fourth-order valence-corrected chi connectivity index (χ4v) is 1.89. The van der Waals surface area contributed by atoms with E-state index in [4.69, 9.17) is 11.6 Å². The second kappa shape index (κ2) is 5.24. The Labute approximate surface area is 114 Å². The lowest BCUT2D eigenvalue weighted by Gasteiger charge is -2.05. The summed E-state index contributed by atoms with van der Waals surface area (Å²) >= 11 is 6.08. The second-order valence-corrected chi connectivity index (χ2v) is 4.11. The molecule has 0 aliphatic carbocycles. The highest BCUT2D eigenvalue weighted by atomic mass is 35.5. The van der Waals surface area contributed by atoms with Gasteiger partial charge in [0, 0.05) is 5.39 Å². The Morgan fingerprint density at radius 1 is 1.11 bits per heavy atom.